The minimum Gasteiger partial charge on any atom is -0.369 e. The maximum absolute atomic E-state index is 11.7. The zero-order valence-electron chi connectivity index (χ0n) is 14.8. The van der Waals surface area contributed by atoms with Crippen molar-refractivity contribution in [1.82, 2.24) is 15.5 Å². The number of nitrogens with zero attached hydrogens (tertiary/aromatic N) is 2. The number of hydrogen-bond donors (Lipinski definition) is 2. The fraction of sp³-hybridized carbons (Fsp3) is 0.556. The van der Waals surface area contributed by atoms with Crippen molar-refractivity contribution in [1.29, 1.82) is 0 Å². The highest BCUT2D eigenvalue weighted by Gasteiger charge is 2.21. The Bertz CT molecular complexity index is 546. The SMILES string of the molecule is CC(C)(C)NC(=O)C(=O)NCCN1CCN(c2ccccc2)CC1. The summed E-state index contributed by atoms with van der Waals surface area (Å²) in [6.07, 6.45) is 0. The van der Waals surface area contributed by atoms with Gasteiger partial charge in [0, 0.05) is 50.5 Å². The van der Waals surface area contributed by atoms with Crippen LogP contribution in [0.25, 0.3) is 0 Å². The first kappa shape index (κ1) is 18.3. The van der Waals surface area contributed by atoms with Gasteiger partial charge < -0.3 is 15.5 Å². The van der Waals surface area contributed by atoms with Gasteiger partial charge >= 0.3 is 11.8 Å². The molecule has 2 N–H and O–H groups in total. The lowest BCUT2D eigenvalue weighted by Crippen LogP contribution is -2.51. The Kier molecular flexibility index (Phi) is 6.20. The summed E-state index contributed by atoms with van der Waals surface area (Å²) in [6, 6.07) is 10.4. The molecule has 0 spiro atoms. The molecule has 0 atom stereocenters. The van der Waals surface area contributed by atoms with Crippen LogP contribution < -0.4 is 15.5 Å². The molecule has 0 aromatic heterocycles. The van der Waals surface area contributed by atoms with E-state index in [9.17, 15) is 9.59 Å². The quantitative estimate of drug-likeness (QED) is 0.802. The number of hydrogen-bond acceptors (Lipinski definition) is 4. The molecule has 0 saturated carbocycles. The summed E-state index contributed by atoms with van der Waals surface area (Å²) in [6.45, 7) is 10.7. The topological polar surface area (TPSA) is 64.7 Å². The molecule has 0 radical (unpaired) electrons. The number of nitrogens with one attached hydrogen (secondary N) is 2. The lowest BCUT2D eigenvalue weighted by molar-refractivity contribution is -0.140. The van der Waals surface area contributed by atoms with Crippen LogP contribution in [0.15, 0.2) is 30.3 Å². The first-order valence-electron chi connectivity index (χ1n) is 8.48. The van der Waals surface area contributed by atoms with Crippen LogP contribution in [0.1, 0.15) is 20.8 Å². The van der Waals surface area contributed by atoms with E-state index in [-0.39, 0.29) is 0 Å². The van der Waals surface area contributed by atoms with Gasteiger partial charge in [0.25, 0.3) is 0 Å². The Balaban J connectivity index is 1.66. The molecule has 1 aromatic carbocycles. The van der Waals surface area contributed by atoms with Gasteiger partial charge in [0.05, 0.1) is 0 Å². The third kappa shape index (κ3) is 5.85. The smallest absolute Gasteiger partial charge is 0.309 e. The zero-order chi connectivity index (χ0) is 17.6. The monoisotopic (exact) mass is 332 g/mol. The standard InChI is InChI=1S/C18H28N4O2/c1-18(2,3)20-17(24)16(23)19-9-10-21-11-13-22(14-12-21)15-7-5-4-6-8-15/h4-8H,9-14H2,1-3H3,(H,19,23)(H,20,24). The Morgan fingerprint density at radius 3 is 2.21 bits per heavy atom. The van der Waals surface area contributed by atoms with Crippen molar-refractivity contribution >= 4 is 17.5 Å². The van der Waals surface area contributed by atoms with Gasteiger partial charge in [0.1, 0.15) is 0 Å². The molecule has 0 bridgehead atoms. The molecule has 2 amide bonds. The summed E-state index contributed by atoms with van der Waals surface area (Å²) in [5.74, 6) is -1.13. The number of benzene rings is 1. The van der Waals surface area contributed by atoms with E-state index in [1.807, 2.05) is 26.8 Å². The molecule has 6 heteroatoms. The van der Waals surface area contributed by atoms with Gasteiger partial charge in [0.15, 0.2) is 0 Å². The highest BCUT2D eigenvalue weighted by molar-refractivity contribution is 6.35. The van der Waals surface area contributed by atoms with E-state index in [1.54, 1.807) is 0 Å². The molecule has 6 nitrogen and oxygen atoms in total. The maximum Gasteiger partial charge on any atom is 0.309 e. The van der Waals surface area contributed by atoms with E-state index in [4.69, 9.17) is 0 Å². The average molecular weight is 332 g/mol. The van der Waals surface area contributed by atoms with Crippen LogP contribution in [0.2, 0.25) is 0 Å². The fourth-order valence-electron chi connectivity index (χ4n) is 2.67. The molecular formula is C18H28N4O2. The second kappa shape index (κ2) is 8.15. The van der Waals surface area contributed by atoms with Crippen molar-refractivity contribution in [2.45, 2.75) is 26.3 Å². The lowest BCUT2D eigenvalue weighted by Gasteiger charge is -2.36. The van der Waals surface area contributed by atoms with Gasteiger partial charge in [-0.1, -0.05) is 18.2 Å². The molecule has 1 saturated heterocycles. The van der Waals surface area contributed by atoms with Crippen LogP contribution in [0.4, 0.5) is 5.69 Å². The Morgan fingerprint density at radius 1 is 1.00 bits per heavy atom. The first-order valence-corrected chi connectivity index (χ1v) is 8.48. The third-order valence-electron chi connectivity index (χ3n) is 3.90. The highest BCUT2D eigenvalue weighted by atomic mass is 16.2. The normalized spacial score (nSPS) is 15.9. The number of piperazine rings is 1. The predicted octanol–water partition coefficient (Wildman–Crippen LogP) is 0.840. The summed E-state index contributed by atoms with van der Waals surface area (Å²) >= 11 is 0. The summed E-state index contributed by atoms with van der Waals surface area (Å²) in [5, 5.41) is 5.35. The number of rotatable bonds is 4. The summed E-state index contributed by atoms with van der Waals surface area (Å²) in [5.41, 5.74) is 0.853. The van der Waals surface area contributed by atoms with E-state index in [0.717, 1.165) is 32.7 Å². The van der Waals surface area contributed by atoms with Crippen LogP contribution in [-0.4, -0.2) is 61.5 Å². The van der Waals surface area contributed by atoms with Crippen LogP contribution in [0.5, 0.6) is 0 Å². The molecule has 1 fully saturated rings. The van der Waals surface area contributed by atoms with Crippen LogP contribution >= 0.6 is 0 Å². The molecule has 24 heavy (non-hydrogen) atoms. The minimum absolute atomic E-state index is 0.401. The van der Waals surface area contributed by atoms with E-state index < -0.39 is 17.4 Å². The molecule has 1 aliphatic rings. The van der Waals surface area contributed by atoms with E-state index in [2.05, 4.69) is 44.7 Å². The Hall–Kier alpha value is -2.08. The molecule has 1 aromatic rings. The van der Waals surface area contributed by atoms with Crippen molar-refractivity contribution in [3.05, 3.63) is 30.3 Å². The Labute approximate surface area is 144 Å². The van der Waals surface area contributed by atoms with Crippen molar-refractivity contribution in [2.24, 2.45) is 0 Å². The average Bonchev–Trinajstić information content (AvgIpc) is 2.54. The van der Waals surface area contributed by atoms with Gasteiger partial charge in [-0.15, -0.1) is 0 Å². The number of amides is 2. The van der Waals surface area contributed by atoms with Gasteiger partial charge in [0.2, 0.25) is 0 Å². The van der Waals surface area contributed by atoms with Crippen molar-refractivity contribution in [2.75, 3.05) is 44.2 Å². The predicted molar refractivity (Wildman–Crippen MR) is 96.0 cm³/mol. The van der Waals surface area contributed by atoms with Gasteiger partial charge in [-0.25, -0.2) is 0 Å². The van der Waals surface area contributed by atoms with Crippen molar-refractivity contribution in [3.63, 3.8) is 0 Å². The van der Waals surface area contributed by atoms with Crippen LogP contribution in [-0.2, 0) is 9.59 Å². The van der Waals surface area contributed by atoms with Gasteiger partial charge in [-0.05, 0) is 32.9 Å². The molecular weight excluding hydrogens is 304 g/mol. The van der Waals surface area contributed by atoms with Gasteiger partial charge in [-0.3, -0.25) is 14.5 Å². The molecule has 2 rings (SSSR count). The minimum atomic E-state index is -0.573. The molecule has 1 heterocycles. The number of para-hydroxylation sites is 1. The van der Waals surface area contributed by atoms with E-state index in [1.165, 1.54) is 5.69 Å². The van der Waals surface area contributed by atoms with Crippen LogP contribution in [0, 0.1) is 0 Å². The molecule has 132 valence electrons. The number of carbonyl (C=O) groups is 2. The van der Waals surface area contributed by atoms with E-state index >= 15 is 0 Å². The molecule has 0 aliphatic carbocycles. The maximum atomic E-state index is 11.7. The lowest BCUT2D eigenvalue weighted by atomic mass is 10.1. The third-order valence-corrected chi connectivity index (χ3v) is 3.90. The van der Waals surface area contributed by atoms with Crippen molar-refractivity contribution < 1.29 is 9.59 Å². The largest absolute Gasteiger partial charge is 0.369 e. The fourth-order valence-corrected chi connectivity index (χ4v) is 2.67. The second-order valence-electron chi connectivity index (χ2n) is 7.12. The molecule has 1 aliphatic heterocycles. The zero-order valence-corrected chi connectivity index (χ0v) is 14.8. The van der Waals surface area contributed by atoms with E-state index in [0.29, 0.717) is 6.54 Å². The first-order chi connectivity index (χ1) is 11.3. The summed E-state index contributed by atoms with van der Waals surface area (Å²) in [4.78, 5) is 28.1. The molecule has 0 unspecified atom stereocenters. The summed E-state index contributed by atoms with van der Waals surface area (Å²) < 4.78 is 0. The van der Waals surface area contributed by atoms with Crippen molar-refractivity contribution in [3.8, 4) is 0 Å². The highest BCUT2D eigenvalue weighted by Crippen LogP contribution is 2.15. The number of anilines is 1. The second-order valence-corrected chi connectivity index (χ2v) is 7.12. The number of carbonyl (C=O) groups excluding carboxylic acids is 2. The van der Waals surface area contributed by atoms with Gasteiger partial charge in [-0.2, -0.15) is 0 Å². The summed E-state index contributed by atoms with van der Waals surface area (Å²) in [7, 11) is 0. The Morgan fingerprint density at radius 2 is 1.62 bits per heavy atom. The van der Waals surface area contributed by atoms with Crippen LogP contribution in [0.3, 0.4) is 0 Å².